The number of halogens is 2. The number of aromatic amines is 1. The topological polar surface area (TPSA) is 92.5 Å². The second kappa shape index (κ2) is 8.14. The molecule has 0 radical (unpaired) electrons. The van der Waals surface area contributed by atoms with E-state index in [4.69, 9.17) is 15.7 Å². The van der Waals surface area contributed by atoms with E-state index in [1.807, 2.05) is 6.20 Å². The lowest BCUT2D eigenvalue weighted by Crippen LogP contribution is -2.35. The summed E-state index contributed by atoms with van der Waals surface area (Å²) in [7, 11) is 0. The van der Waals surface area contributed by atoms with Crippen LogP contribution >= 0.6 is 24.8 Å². The Kier molecular flexibility index (Phi) is 6.43. The van der Waals surface area contributed by atoms with Gasteiger partial charge in [-0.05, 0) is 25.7 Å². The second-order valence-corrected chi connectivity index (χ2v) is 6.49. The van der Waals surface area contributed by atoms with Crippen LogP contribution < -0.4 is 11.1 Å². The van der Waals surface area contributed by atoms with Gasteiger partial charge in [-0.1, -0.05) is 0 Å². The molecular formula is C16H24Cl2N6. The number of nitrogens with two attached hydrogens (primary N) is 1. The summed E-state index contributed by atoms with van der Waals surface area (Å²) in [6.45, 7) is 0.840. The van der Waals surface area contributed by atoms with E-state index >= 15 is 0 Å². The average molecular weight is 371 g/mol. The van der Waals surface area contributed by atoms with E-state index in [0.717, 1.165) is 43.1 Å². The van der Waals surface area contributed by atoms with Gasteiger partial charge in [-0.2, -0.15) is 0 Å². The van der Waals surface area contributed by atoms with Crippen molar-refractivity contribution in [1.82, 2.24) is 19.9 Å². The van der Waals surface area contributed by atoms with E-state index in [2.05, 4.69) is 21.4 Å². The first-order valence-electron chi connectivity index (χ1n) is 8.13. The molecule has 0 saturated heterocycles. The fourth-order valence-corrected chi connectivity index (χ4v) is 2.96. The zero-order valence-electron chi connectivity index (χ0n) is 13.4. The van der Waals surface area contributed by atoms with Gasteiger partial charge in [0.2, 0.25) is 0 Å². The van der Waals surface area contributed by atoms with Crippen LogP contribution in [-0.4, -0.2) is 32.5 Å². The van der Waals surface area contributed by atoms with E-state index < -0.39 is 0 Å². The molecule has 24 heavy (non-hydrogen) atoms. The van der Waals surface area contributed by atoms with Gasteiger partial charge < -0.3 is 16.0 Å². The van der Waals surface area contributed by atoms with Crippen molar-refractivity contribution < 1.29 is 0 Å². The second-order valence-electron chi connectivity index (χ2n) is 6.49. The van der Waals surface area contributed by atoms with Gasteiger partial charge in [-0.25, -0.2) is 15.0 Å². The van der Waals surface area contributed by atoms with Gasteiger partial charge >= 0.3 is 0 Å². The normalized spacial score (nSPS) is 22.0. The average Bonchev–Trinajstić information content (AvgIpc) is 3.22. The molecule has 2 fully saturated rings. The molecule has 0 aliphatic heterocycles. The lowest BCUT2D eigenvalue weighted by atomic mass is 9.78. The number of H-pyrrole nitrogens is 1. The fourth-order valence-electron chi connectivity index (χ4n) is 2.96. The van der Waals surface area contributed by atoms with E-state index in [0.29, 0.717) is 17.9 Å². The number of nitrogens with zero attached hydrogens (tertiary/aromatic N) is 3. The van der Waals surface area contributed by atoms with Crippen LogP contribution in [0.15, 0.2) is 18.6 Å². The lowest BCUT2D eigenvalue weighted by molar-refractivity contribution is 0.344. The third-order valence-electron chi connectivity index (χ3n) is 4.55. The smallest absolute Gasteiger partial charge is 0.134 e. The minimum Gasteiger partial charge on any atom is -0.370 e. The molecule has 2 aromatic heterocycles. The van der Waals surface area contributed by atoms with Crippen LogP contribution in [0.25, 0.3) is 0 Å². The van der Waals surface area contributed by atoms with Gasteiger partial charge in [0.05, 0.1) is 6.33 Å². The molecule has 0 aromatic carbocycles. The van der Waals surface area contributed by atoms with Crippen LogP contribution in [0.3, 0.4) is 0 Å². The molecule has 0 unspecified atom stereocenters. The van der Waals surface area contributed by atoms with Gasteiger partial charge in [0.15, 0.2) is 0 Å². The van der Waals surface area contributed by atoms with Crippen molar-refractivity contribution in [2.75, 3.05) is 11.9 Å². The number of nitrogens with one attached hydrogen (secondary N) is 2. The molecule has 8 heteroatoms. The summed E-state index contributed by atoms with van der Waals surface area (Å²) in [5.41, 5.74) is 8.22. The van der Waals surface area contributed by atoms with Crippen molar-refractivity contribution in [3.05, 3.63) is 35.8 Å². The molecule has 4 N–H and O–H groups in total. The summed E-state index contributed by atoms with van der Waals surface area (Å²) >= 11 is 0. The number of rotatable bonds is 6. The van der Waals surface area contributed by atoms with Gasteiger partial charge in [-0.15, -0.1) is 24.8 Å². The third-order valence-corrected chi connectivity index (χ3v) is 4.55. The minimum atomic E-state index is 0. The zero-order valence-corrected chi connectivity index (χ0v) is 15.1. The Morgan fingerprint density at radius 1 is 1.17 bits per heavy atom. The number of hydrogen-bond donors (Lipinski definition) is 3. The Labute approximate surface area is 154 Å². The SMILES string of the molecule is Cl.Cl.NC1CC(c2cc(NCCc3cnc[nH]3)nc(C3CC3)n2)C1. The minimum absolute atomic E-state index is 0. The molecule has 0 atom stereocenters. The van der Waals surface area contributed by atoms with Crippen LogP contribution in [0.2, 0.25) is 0 Å². The Morgan fingerprint density at radius 2 is 1.96 bits per heavy atom. The first kappa shape index (κ1) is 19.0. The maximum atomic E-state index is 5.92. The summed E-state index contributed by atoms with van der Waals surface area (Å²) in [5, 5.41) is 3.43. The highest BCUT2D eigenvalue weighted by Gasteiger charge is 2.32. The van der Waals surface area contributed by atoms with E-state index in [1.54, 1.807) is 6.33 Å². The van der Waals surface area contributed by atoms with Crippen molar-refractivity contribution >= 4 is 30.6 Å². The highest BCUT2D eigenvalue weighted by molar-refractivity contribution is 5.85. The Balaban J connectivity index is 0.00000104. The molecule has 2 aromatic rings. The number of imidazole rings is 1. The molecule has 2 heterocycles. The molecule has 6 nitrogen and oxygen atoms in total. The highest BCUT2D eigenvalue weighted by Crippen LogP contribution is 2.41. The maximum absolute atomic E-state index is 5.92. The number of hydrogen-bond acceptors (Lipinski definition) is 5. The first-order valence-corrected chi connectivity index (χ1v) is 8.13. The van der Waals surface area contributed by atoms with Gasteiger partial charge in [-0.3, -0.25) is 0 Å². The zero-order chi connectivity index (χ0) is 14.9. The van der Waals surface area contributed by atoms with E-state index in [9.17, 15) is 0 Å². The number of anilines is 1. The molecule has 2 saturated carbocycles. The lowest BCUT2D eigenvalue weighted by Gasteiger charge is -2.32. The summed E-state index contributed by atoms with van der Waals surface area (Å²) < 4.78 is 0. The molecule has 0 spiro atoms. The number of aromatic nitrogens is 4. The van der Waals surface area contributed by atoms with Crippen molar-refractivity contribution in [2.24, 2.45) is 5.73 Å². The Morgan fingerprint density at radius 3 is 2.58 bits per heavy atom. The molecule has 132 valence electrons. The van der Waals surface area contributed by atoms with Crippen LogP contribution in [0, 0.1) is 0 Å². The molecule has 4 rings (SSSR count). The summed E-state index contributed by atoms with van der Waals surface area (Å²) in [6.07, 6.45) is 9.03. The molecule has 2 aliphatic rings. The summed E-state index contributed by atoms with van der Waals surface area (Å²) in [6, 6.07) is 2.45. The summed E-state index contributed by atoms with van der Waals surface area (Å²) in [4.78, 5) is 16.6. The van der Waals surface area contributed by atoms with Gasteiger partial charge in [0.1, 0.15) is 11.6 Å². The van der Waals surface area contributed by atoms with Crippen LogP contribution in [0.4, 0.5) is 5.82 Å². The Hall–Kier alpha value is -1.37. The van der Waals surface area contributed by atoms with E-state index in [-0.39, 0.29) is 24.8 Å². The van der Waals surface area contributed by atoms with Crippen LogP contribution in [0.5, 0.6) is 0 Å². The van der Waals surface area contributed by atoms with Crippen molar-refractivity contribution in [3.8, 4) is 0 Å². The van der Waals surface area contributed by atoms with Crippen molar-refractivity contribution in [3.63, 3.8) is 0 Å². The van der Waals surface area contributed by atoms with Crippen LogP contribution in [0.1, 0.15) is 54.7 Å². The first-order chi connectivity index (χ1) is 10.8. The highest BCUT2D eigenvalue weighted by atomic mass is 35.5. The predicted octanol–water partition coefficient (Wildman–Crippen LogP) is 2.78. The Bertz CT molecular complexity index is 638. The predicted molar refractivity (Wildman–Crippen MR) is 99.2 cm³/mol. The standard InChI is InChI=1S/C16H22N6.2ClH/c17-12-5-11(6-12)14-7-15(22-16(21-14)10-1-2-10)19-4-3-13-8-18-9-20-13;;/h7-12H,1-6,17H2,(H,18,20)(H,19,21,22);2*1H. The molecule has 2 aliphatic carbocycles. The monoisotopic (exact) mass is 370 g/mol. The maximum Gasteiger partial charge on any atom is 0.134 e. The van der Waals surface area contributed by atoms with Gasteiger partial charge in [0.25, 0.3) is 0 Å². The molecular weight excluding hydrogens is 347 g/mol. The summed E-state index contributed by atoms with van der Waals surface area (Å²) in [5.74, 6) is 3.06. The molecule has 0 bridgehead atoms. The van der Waals surface area contributed by atoms with Crippen molar-refractivity contribution in [2.45, 2.75) is 50.0 Å². The van der Waals surface area contributed by atoms with E-state index in [1.165, 1.54) is 18.5 Å². The van der Waals surface area contributed by atoms with Crippen LogP contribution in [-0.2, 0) is 6.42 Å². The quantitative estimate of drug-likeness (QED) is 0.726. The molecule has 0 amide bonds. The van der Waals surface area contributed by atoms with Gasteiger partial charge in [0, 0.05) is 54.5 Å². The largest absolute Gasteiger partial charge is 0.370 e. The third kappa shape index (κ3) is 4.37. The fraction of sp³-hybridized carbons (Fsp3) is 0.562. The van der Waals surface area contributed by atoms with Crippen molar-refractivity contribution in [1.29, 1.82) is 0 Å².